The summed E-state index contributed by atoms with van der Waals surface area (Å²) in [5.74, 6) is -5.35. The second-order valence-corrected chi connectivity index (χ2v) is 16.5. The Kier molecular flexibility index (Phi) is 12.6. The Labute approximate surface area is 336 Å². The summed E-state index contributed by atoms with van der Waals surface area (Å²) in [6.45, 7) is 7.73. The molecule has 0 spiro atoms. The number of esters is 4. The van der Waals surface area contributed by atoms with Crippen molar-refractivity contribution in [3.63, 3.8) is 0 Å². The van der Waals surface area contributed by atoms with E-state index in [0.29, 0.717) is 50.7 Å². The van der Waals surface area contributed by atoms with Crippen molar-refractivity contribution in [3.05, 3.63) is 66.9 Å². The highest BCUT2D eigenvalue weighted by atomic mass is 32.1. The molecule has 57 heavy (non-hydrogen) atoms. The molecule has 0 saturated carbocycles. The summed E-state index contributed by atoms with van der Waals surface area (Å²) >= 11 is 2.57. The molecule has 0 radical (unpaired) electrons. The van der Waals surface area contributed by atoms with Crippen LogP contribution in [0.2, 0.25) is 0 Å². The largest absolute Gasteiger partial charge is 0.462 e. The number of nitrogens with zero attached hydrogens (tertiary/aromatic N) is 1. The summed E-state index contributed by atoms with van der Waals surface area (Å²) in [5, 5.41) is 5.95. The minimum atomic E-state index is -1.44. The summed E-state index contributed by atoms with van der Waals surface area (Å²) in [7, 11) is 0. The molecule has 1 aromatic carbocycles. The van der Waals surface area contributed by atoms with Crippen LogP contribution in [0.1, 0.15) is 120 Å². The maximum atomic E-state index is 13.4. The molecular weight excluding hydrogens is 779 g/mol. The molecule has 0 saturated heterocycles. The smallest absolute Gasteiger partial charge is 0.341 e. The third-order valence-corrected chi connectivity index (χ3v) is 12.4. The number of imide groups is 1. The van der Waals surface area contributed by atoms with Crippen LogP contribution in [-0.4, -0.2) is 84.9 Å². The van der Waals surface area contributed by atoms with Crippen LogP contribution in [0.15, 0.2) is 18.2 Å². The Hall–Kier alpha value is -5.42. The van der Waals surface area contributed by atoms with Gasteiger partial charge in [-0.3, -0.25) is 24.1 Å². The van der Waals surface area contributed by atoms with Crippen LogP contribution >= 0.6 is 22.7 Å². The molecule has 2 N–H and O–H groups in total. The number of rotatable bonds is 13. The highest BCUT2D eigenvalue weighted by Crippen LogP contribution is 2.41. The van der Waals surface area contributed by atoms with Crippen LogP contribution in [0.3, 0.4) is 0 Å². The van der Waals surface area contributed by atoms with Gasteiger partial charge in [-0.1, -0.05) is 13.8 Å². The van der Waals surface area contributed by atoms with Crippen LogP contribution in [0.4, 0.5) is 10.0 Å². The van der Waals surface area contributed by atoms with Gasteiger partial charge in [0.1, 0.15) is 16.0 Å². The molecule has 1 aliphatic heterocycles. The monoisotopic (exact) mass is 821 g/mol. The number of carbonyl (C=O) groups is 8. The Morgan fingerprint density at radius 2 is 1.21 bits per heavy atom. The Bertz CT molecular complexity index is 2170. The molecule has 17 heteroatoms. The molecule has 2 aromatic heterocycles. The van der Waals surface area contributed by atoms with Gasteiger partial charge in [-0.05, 0) is 100 Å². The normalized spacial score (nSPS) is 17.5. The van der Waals surface area contributed by atoms with Crippen LogP contribution in [0, 0.1) is 11.8 Å². The lowest BCUT2D eigenvalue weighted by molar-refractivity contribution is -0.150. The topological polar surface area (TPSA) is 201 Å². The number of amides is 4. The van der Waals surface area contributed by atoms with Crippen molar-refractivity contribution < 1.29 is 57.3 Å². The van der Waals surface area contributed by atoms with Crippen molar-refractivity contribution >= 4 is 80.2 Å². The zero-order valence-corrected chi connectivity index (χ0v) is 33.8. The molecule has 0 fully saturated rings. The second kappa shape index (κ2) is 17.4. The fourth-order valence-corrected chi connectivity index (χ4v) is 9.99. The van der Waals surface area contributed by atoms with E-state index in [2.05, 4.69) is 24.5 Å². The first-order chi connectivity index (χ1) is 27.2. The lowest BCUT2D eigenvalue weighted by Crippen LogP contribution is -2.44. The first kappa shape index (κ1) is 41.2. The molecule has 3 aromatic rings. The number of carbonyl (C=O) groups excluding carboxylic acids is 8. The van der Waals surface area contributed by atoms with Gasteiger partial charge in [-0.2, -0.15) is 0 Å². The first-order valence-electron chi connectivity index (χ1n) is 18.8. The fourth-order valence-electron chi connectivity index (χ4n) is 7.16. The predicted octanol–water partition coefficient (Wildman–Crippen LogP) is 5.37. The van der Waals surface area contributed by atoms with E-state index < -0.39 is 66.8 Å². The standard InChI is InChI=1S/C40H43N3O12S2/c1-6-52-39(50)31-24-11-8-19(3)14-27(24)56-33(31)41-29(44)17-54-37(48)21(5)43-35(46)23-13-10-22(16-26(23)36(43)47)38(49)55-18-30(45)42-34-32(40(51)53-7-2)25-12-9-20(4)15-28(25)57-34/h10,13,16,19-21H,6-9,11-12,14-15,17-18H2,1-5H3,(H,41,44)(H,42,45)/t19-,20+,21-/m0/s1. The molecule has 4 amide bonds. The average molecular weight is 822 g/mol. The summed E-state index contributed by atoms with van der Waals surface area (Å²) < 4.78 is 20.9. The van der Waals surface area contributed by atoms with Crippen molar-refractivity contribution in [2.75, 3.05) is 37.1 Å². The molecular formula is C40H43N3O12S2. The van der Waals surface area contributed by atoms with Gasteiger partial charge >= 0.3 is 23.9 Å². The summed E-state index contributed by atoms with van der Waals surface area (Å²) in [4.78, 5) is 107. The van der Waals surface area contributed by atoms with Crippen LogP contribution in [0.25, 0.3) is 0 Å². The van der Waals surface area contributed by atoms with Crippen molar-refractivity contribution in [2.24, 2.45) is 11.8 Å². The van der Waals surface area contributed by atoms with Crippen molar-refractivity contribution in [2.45, 2.75) is 79.2 Å². The van der Waals surface area contributed by atoms with E-state index in [0.717, 1.165) is 52.6 Å². The summed E-state index contributed by atoms with van der Waals surface area (Å²) in [6.07, 6.45) is 4.65. The van der Waals surface area contributed by atoms with Crippen LogP contribution in [-0.2, 0) is 59.0 Å². The molecule has 302 valence electrons. The molecule has 6 rings (SSSR count). The minimum Gasteiger partial charge on any atom is -0.462 e. The fraction of sp³-hybridized carbons (Fsp3) is 0.450. The molecule has 15 nitrogen and oxygen atoms in total. The van der Waals surface area contributed by atoms with Gasteiger partial charge in [0.2, 0.25) is 0 Å². The lowest BCUT2D eigenvalue weighted by atomic mass is 9.88. The number of anilines is 2. The average Bonchev–Trinajstić information content (AvgIpc) is 3.79. The highest BCUT2D eigenvalue weighted by molar-refractivity contribution is 7.17. The second-order valence-electron chi connectivity index (χ2n) is 14.2. The van der Waals surface area contributed by atoms with Gasteiger partial charge in [-0.15, -0.1) is 22.7 Å². The predicted molar refractivity (Wildman–Crippen MR) is 208 cm³/mol. The number of benzene rings is 1. The van der Waals surface area contributed by atoms with E-state index in [-0.39, 0.29) is 29.9 Å². The Morgan fingerprint density at radius 1 is 0.719 bits per heavy atom. The van der Waals surface area contributed by atoms with E-state index >= 15 is 0 Å². The third kappa shape index (κ3) is 8.63. The van der Waals surface area contributed by atoms with Crippen molar-refractivity contribution in [3.8, 4) is 0 Å². The van der Waals surface area contributed by atoms with Gasteiger partial charge in [0, 0.05) is 9.75 Å². The van der Waals surface area contributed by atoms with Gasteiger partial charge in [0.15, 0.2) is 13.2 Å². The summed E-state index contributed by atoms with van der Waals surface area (Å²) in [6, 6.07) is 2.18. The maximum Gasteiger partial charge on any atom is 0.341 e. The highest BCUT2D eigenvalue weighted by Gasteiger charge is 2.42. The van der Waals surface area contributed by atoms with E-state index in [1.807, 2.05) is 0 Å². The van der Waals surface area contributed by atoms with Gasteiger partial charge in [0.05, 0.1) is 41.0 Å². The summed E-state index contributed by atoms with van der Waals surface area (Å²) in [5.41, 5.74) is 1.94. The van der Waals surface area contributed by atoms with E-state index in [1.54, 1.807) is 13.8 Å². The maximum absolute atomic E-state index is 13.4. The quantitative estimate of drug-likeness (QED) is 0.127. The van der Waals surface area contributed by atoms with Gasteiger partial charge < -0.3 is 29.6 Å². The van der Waals surface area contributed by atoms with Crippen LogP contribution in [0.5, 0.6) is 0 Å². The van der Waals surface area contributed by atoms with Crippen molar-refractivity contribution in [1.82, 2.24) is 4.90 Å². The molecule has 3 atom stereocenters. The molecule has 0 bridgehead atoms. The number of thiophene rings is 2. The molecule has 2 aliphatic carbocycles. The number of fused-ring (bicyclic) bond motifs is 3. The molecule has 0 unspecified atom stereocenters. The number of ether oxygens (including phenoxy) is 4. The van der Waals surface area contributed by atoms with E-state index in [9.17, 15) is 38.4 Å². The number of hydrogen-bond donors (Lipinski definition) is 2. The first-order valence-corrected chi connectivity index (χ1v) is 20.4. The molecule has 3 aliphatic rings. The third-order valence-electron chi connectivity index (χ3n) is 10.1. The molecule has 3 heterocycles. The number of hydrogen-bond acceptors (Lipinski definition) is 14. The Morgan fingerprint density at radius 3 is 1.72 bits per heavy atom. The zero-order chi connectivity index (χ0) is 41.1. The van der Waals surface area contributed by atoms with E-state index in [4.69, 9.17) is 18.9 Å². The minimum absolute atomic E-state index is 0.0726. The van der Waals surface area contributed by atoms with E-state index in [1.165, 1.54) is 41.7 Å². The van der Waals surface area contributed by atoms with Gasteiger partial charge in [0.25, 0.3) is 23.6 Å². The van der Waals surface area contributed by atoms with Crippen molar-refractivity contribution in [1.29, 1.82) is 0 Å². The number of nitrogens with one attached hydrogen (secondary N) is 2. The van der Waals surface area contributed by atoms with Crippen LogP contribution < -0.4 is 10.6 Å². The van der Waals surface area contributed by atoms with Gasteiger partial charge in [-0.25, -0.2) is 19.2 Å². The Balaban J connectivity index is 1.05. The zero-order valence-electron chi connectivity index (χ0n) is 32.2. The lowest BCUT2D eigenvalue weighted by Gasteiger charge is -2.20. The SMILES string of the molecule is CCOC(=O)c1c(NC(=O)COC(=O)c2ccc3c(c2)C(=O)N([C@@H](C)C(=O)OCC(=O)Nc2sc4c(c2C(=O)OCC)CC[C@H](C)C4)C3=O)sc2c1CC[C@@H](C)C2.